The smallest absolute Gasteiger partial charge is 0.242 e. The molecule has 2 unspecified atom stereocenters. The maximum absolute atomic E-state index is 12.4. The first-order valence-corrected chi connectivity index (χ1v) is 9.59. The monoisotopic (exact) mass is 364 g/mol. The lowest BCUT2D eigenvalue weighted by molar-refractivity contribution is 0.552. The summed E-state index contributed by atoms with van der Waals surface area (Å²) in [4.78, 5) is 0.208. The molecule has 1 fully saturated rings. The average Bonchev–Trinajstić information content (AvgIpc) is 2.79. The maximum Gasteiger partial charge on any atom is 0.242 e. The van der Waals surface area contributed by atoms with E-state index in [1.54, 1.807) is 23.9 Å². The first kappa shape index (κ1) is 15.2. The Hall–Kier alpha value is -0.240. The average molecular weight is 365 g/mol. The van der Waals surface area contributed by atoms with E-state index in [-0.39, 0.29) is 10.9 Å². The fraction of sp³-hybridized carbons (Fsp3) is 0.500. The molecule has 0 aromatic heterocycles. The van der Waals surface area contributed by atoms with Crippen LogP contribution in [0, 0.1) is 0 Å². The van der Waals surface area contributed by atoms with Gasteiger partial charge in [0.15, 0.2) is 0 Å². The molecule has 19 heavy (non-hydrogen) atoms. The van der Waals surface area contributed by atoms with E-state index in [2.05, 4.69) is 26.9 Å². The molecule has 1 aliphatic carbocycles. The van der Waals surface area contributed by atoms with Crippen LogP contribution in [0.4, 0.5) is 5.69 Å². The van der Waals surface area contributed by atoms with Gasteiger partial charge in [0.2, 0.25) is 10.0 Å². The molecule has 1 saturated carbocycles. The number of nitrogens with one attached hydrogen (secondary N) is 1. The number of hydrogen-bond acceptors (Lipinski definition) is 4. The van der Waals surface area contributed by atoms with Crippen LogP contribution in [-0.4, -0.2) is 26.0 Å². The van der Waals surface area contributed by atoms with E-state index >= 15 is 0 Å². The van der Waals surface area contributed by atoms with Gasteiger partial charge < -0.3 is 5.73 Å². The molecular weight excluding hydrogens is 348 g/mol. The zero-order valence-corrected chi connectivity index (χ0v) is 13.8. The van der Waals surface area contributed by atoms with Crippen LogP contribution in [0.15, 0.2) is 27.6 Å². The molecule has 0 saturated heterocycles. The maximum atomic E-state index is 12.4. The van der Waals surface area contributed by atoms with Gasteiger partial charge in [-0.2, -0.15) is 11.8 Å². The summed E-state index contributed by atoms with van der Waals surface area (Å²) in [5.41, 5.74) is 6.10. The van der Waals surface area contributed by atoms with Crippen molar-refractivity contribution < 1.29 is 8.42 Å². The standard InChI is InChI=1S/C12H17BrN2O2S2/c1-18-10-4-3-9(7-10)15-19(16,17)12-6-8(14)2-5-11(12)13/h2,5-6,9-10,15H,3-4,7,14H2,1H3. The molecule has 0 radical (unpaired) electrons. The van der Waals surface area contributed by atoms with Crippen LogP contribution in [0.3, 0.4) is 0 Å². The van der Waals surface area contributed by atoms with Crippen LogP contribution < -0.4 is 10.5 Å². The van der Waals surface area contributed by atoms with E-state index in [0.717, 1.165) is 19.3 Å². The Morgan fingerprint density at radius 1 is 1.42 bits per heavy atom. The van der Waals surface area contributed by atoms with E-state index in [1.807, 2.05) is 0 Å². The van der Waals surface area contributed by atoms with Crippen LogP contribution in [-0.2, 0) is 10.0 Å². The van der Waals surface area contributed by atoms with Crippen molar-refractivity contribution in [3.05, 3.63) is 22.7 Å². The fourth-order valence-electron chi connectivity index (χ4n) is 2.27. The van der Waals surface area contributed by atoms with Crippen molar-refractivity contribution in [2.75, 3.05) is 12.0 Å². The van der Waals surface area contributed by atoms with Crippen molar-refractivity contribution in [2.24, 2.45) is 0 Å². The lowest BCUT2D eigenvalue weighted by Crippen LogP contribution is -2.33. The van der Waals surface area contributed by atoms with E-state index < -0.39 is 10.0 Å². The summed E-state index contributed by atoms with van der Waals surface area (Å²) < 4.78 is 28.0. The molecule has 2 atom stereocenters. The minimum absolute atomic E-state index is 0.0239. The number of rotatable bonds is 4. The van der Waals surface area contributed by atoms with Gasteiger partial charge >= 0.3 is 0 Å². The number of nitrogens with two attached hydrogens (primary N) is 1. The molecule has 1 aromatic carbocycles. The van der Waals surface area contributed by atoms with Gasteiger partial charge in [0.05, 0.1) is 4.90 Å². The second kappa shape index (κ2) is 6.03. The fourth-order valence-corrected chi connectivity index (χ4v) is 5.35. The predicted octanol–water partition coefficient (Wildman–Crippen LogP) is 2.59. The number of benzene rings is 1. The van der Waals surface area contributed by atoms with Gasteiger partial charge in [-0.3, -0.25) is 0 Å². The molecule has 0 bridgehead atoms. The summed E-state index contributed by atoms with van der Waals surface area (Å²) in [5.74, 6) is 0. The molecule has 3 N–H and O–H groups in total. The van der Waals surface area contributed by atoms with Crippen molar-refractivity contribution in [1.29, 1.82) is 0 Å². The first-order valence-electron chi connectivity index (χ1n) is 6.02. The number of halogens is 1. The van der Waals surface area contributed by atoms with E-state index in [9.17, 15) is 8.42 Å². The van der Waals surface area contributed by atoms with Crippen LogP contribution in [0.2, 0.25) is 0 Å². The zero-order chi connectivity index (χ0) is 14.0. The van der Waals surface area contributed by atoms with Gasteiger partial charge in [-0.1, -0.05) is 0 Å². The summed E-state index contributed by atoms with van der Waals surface area (Å²) in [6.07, 6.45) is 4.91. The van der Waals surface area contributed by atoms with Crippen LogP contribution >= 0.6 is 27.7 Å². The second-order valence-electron chi connectivity index (χ2n) is 4.68. The van der Waals surface area contributed by atoms with Gasteiger partial charge in [0, 0.05) is 21.5 Å². The highest BCUT2D eigenvalue weighted by Crippen LogP contribution is 2.30. The molecule has 106 valence electrons. The van der Waals surface area contributed by atoms with Crippen molar-refractivity contribution >= 4 is 43.4 Å². The van der Waals surface area contributed by atoms with Crippen molar-refractivity contribution in [3.63, 3.8) is 0 Å². The van der Waals surface area contributed by atoms with Gasteiger partial charge in [0.1, 0.15) is 0 Å². The SMILES string of the molecule is CSC1CCC(NS(=O)(=O)c2cc(N)ccc2Br)C1. The predicted molar refractivity (Wildman–Crippen MR) is 83.8 cm³/mol. The normalized spacial score (nSPS) is 23.7. The molecule has 0 spiro atoms. The number of sulfonamides is 1. The highest BCUT2D eigenvalue weighted by atomic mass is 79.9. The third-order valence-electron chi connectivity index (χ3n) is 3.28. The molecule has 0 heterocycles. The Morgan fingerprint density at radius 2 is 2.16 bits per heavy atom. The van der Waals surface area contributed by atoms with Crippen molar-refractivity contribution in [2.45, 2.75) is 35.4 Å². The third kappa shape index (κ3) is 3.65. The van der Waals surface area contributed by atoms with Gasteiger partial charge in [-0.25, -0.2) is 13.1 Å². The Bertz CT molecular complexity index is 563. The number of anilines is 1. The van der Waals surface area contributed by atoms with E-state index in [4.69, 9.17) is 5.73 Å². The second-order valence-corrected chi connectivity index (χ2v) is 8.35. The largest absolute Gasteiger partial charge is 0.399 e. The molecule has 0 aliphatic heterocycles. The van der Waals surface area contributed by atoms with Crippen LogP contribution in [0.1, 0.15) is 19.3 Å². The summed E-state index contributed by atoms with van der Waals surface area (Å²) in [6, 6.07) is 4.83. The minimum atomic E-state index is -3.51. The van der Waals surface area contributed by atoms with Crippen LogP contribution in [0.5, 0.6) is 0 Å². The van der Waals surface area contributed by atoms with E-state index in [0.29, 0.717) is 15.4 Å². The quantitative estimate of drug-likeness (QED) is 0.805. The highest BCUT2D eigenvalue weighted by molar-refractivity contribution is 9.10. The Kier molecular flexibility index (Phi) is 4.81. The molecule has 7 heteroatoms. The Labute approximate surface area is 126 Å². The zero-order valence-electron chi connectivity index (χ0n) is 10.6. The minimum Gasteiger partial charge on any atom is -0.399 e. The number of thioether (sulfide) groups is 1. The van der Waals surface area contributed by atoms with Crippen molar-refractivity contribution in [1.82, 2.24) is 4.72 Å². The molecule has 4 nitrogen and oxygen atoms in total. The number of nitrogen functional groups attached to an aromatic ring is 1. The van der Waals surface area contributed by atoms with E-state index in [1.165, 1.54) is 6.07 Å². The molecule has 2 rings (SSSR count). The molecule has 0 amide bonds. The highest BCUT2D eigenvalue weighted by Gasteiger charge is 2.29. The van der Waals surface area contributed by atoms with Gasteiger partial charge in [-0.05, 0) is 59.6 Å². The third-order valence-corrected chi connectivity index (χ3v) is 6.89. The van der Waals surface area contributed by atoms with Gasteiger partial charge in [0.25, 0.3) is 0 Å². The molecule has 1 aromatic rings. The van der Waals surface area contributed by atoms with Gasteiger partial charge in [-0.15, -0.1) is 0 Å². The lowest BCUT2D eigenvalue weighted by atomic mass is 10.3. The lowest BCUT2D eigenvalue weighted by Gasteiger charge is -2.14. The number of hydrogen-bond donors (Lipinski definition) is 2. The molecule has 1 aliphatic rings. The summed E-state index contributed by atoms with van der Waals surface area (Å²) in [7, 11) is -3.51. The Morgan fingerprint density at radius 3 is 2.79 bits per heavy atom. The Balaban J connectivity index is 2.17. The first-order chi connectivity index (χ1) is 8.92. The summed E-state index contributed by atoms with van der Waals surface area (Å²) in [6.45, 7) is 0. The summed E-state index contributed by atoms with van der Waals surface area (Å²) in [5, 5.41) is 0.553. The molecular formula is C12H17BrN2O2S2. The topological polar surface area (TPSA) is 72.2 Å². The van der Waals surface area contributed by atoms with Crippen molar-refractivity contribution in [3.8, 4) is 0 Å². The van der Waals surface area contributed by atoms with Crippen LogP contribution in [0.25, 0.3) is 0 Å². The summed E-state index contributed by atoms with van der Waals surface area (Å²) >= 11 is 5.06.